The SMILES string of the molecule is O=C(Nc1ccc(OCC2CCCCO2)cc1)C1CCOCC1. The van der Waals surface area contributed by atoms with Crippen molar-refractivity contribution in [2.75, 3.05) is 31.7 Å². The lowest BCUT2D eigenvalue weighted by Crippen LogP contribution is -2.28. The highest BCUT2D eigenvalue weighted by Gasteiger charge is 2.21. The Labute approximate surface area is 137 Å². The monoisotopic (exact) mass is 319 g/mol. The molecule has 0 aromatic heterocycles. The second kappa shape index (κ2) is 8.31. The average Bonchev–Trinajstić information content (AvgIpc) is 2.63. The molecule has 0 bridgehead atoms. The van der Waals surface area contributed by atoms with E-state index in [0.29, 0.717) is 19.8 Å². The lowest BCUT2D eigenvalue weighted by molar-refractivity contribution is -0.122. The highest BCUT2D eigenvalue weighted by Crippen LogP contribution is 2.21. The minimum Gasteiger partial charge on any atom is -0.491 e. The van der Waals surface area contributed by atoms with Gasteiger partial charge in [-0.15, -0.1) is 0 Å². The minimum atomic E-state index is 0.0585. The summed E-state index contributed by atoms with van der Waals surface area (Å²) in [6.45, 7) is 2.78. The number of carbonyl (C=O) groups is 1. The van der Waals surface area contributed by atoms with Crippen molar-refractivity contribution in [3.63, 3.8) is 0 Å². The fourth-order valence-corrected chi connectivity index (χ4v) is 2.97. The van der Waals surface area contributed by atoms with Crippen molar-refractivity contribution in [1.82, 2.24) is 0 Å². The summed E-state index contributed by atoms with van der Waals surface area (Å²) in [5.74, 6) is 0.948. The van der Waals surface area contributed by atoms with Crippen LogP contribution >= 0.6 is 0 Å². The van der Waals surface area contributed by atoms with Gasteiger partial charge in [-0.2, -0.15) is 0 Å². The van der Waals surface area contributed by atoms with Crippen molar-refractivity contribution < 1.29 is 19.0 Å². The summed E-state index contributed by atoms with van der Waals surface area (Å²) in [6.07, 6.45) is 5.24. The van der Waals surface area contributed by atoms with Crippen molar-refractivity contribution in [2.24, 2.45) is 5.92 Å². The first-order valence-corrected chi connectivity index (χ1v) is 8.54. The largest absolute Gasteiger partial charge is 0.491 e. The van der Waals surface area contributed by atoms with Crippen molar-refractivity contribution in [3.8, 4) is 5.75 Å². The summed E-state index contributed by atoms with van der Waals surface area (Å²) in [5, 5.41) is 2.97. The fourth-order valence-electron chi connectivity index (χ4n) is 2.97. The molecule has 0 aliphatic carbocycles. The quantitative estimate of drug-likeness (QED) is 0.906. The Bertz CT molecular complexity index is 490. The van der Waals surface area contributed by atoms with Gasteiger partial charge in [-0.25, -0.2) is 0 Å². The highest BCUT2D eigenvalue weighted by molar-refractivity contribution is 5.92. The van der Waals surface area contributed by atoms with E-state index in [-0.39, 0.29) is 17.9 Å². The Morgan fingerprint density at radius 3 is 2.57 bits per heavy atom. The van der Waals surface area contributed by atoms with Crippen LogP contribution in [-0.4, -0.2) is 38.4 Å². The van der Waals surface area contributed by atoms with Gasteiger partial charge in [-0.1, -0.05) is 0 Å². The van der Waals surface area contributed by atoms with E-state index in [9.17, 15) is 4.79 Å². The third-order valence-corrected chi connectivity index (χ3v) is 4.42. The Hall–Kier alpha value is -1.59. The van der Waals surface area contributed by atoms with Crippen LogP contribution in [0.5, 0.6) is 5.75 Å². The maximum absolute atomic E-state index is 12.2. The van der Waals surface area contributed by atoms with Crippen LogP contribution < -0.4 is 10.1 Å². The zero-order valence-electron chi connectivity index (χ0n) is 13.5. The molecular weight excluding hydrogens is 294 g/mol. The first kappa shape index (κ1) is 16.3. The molecule has 0 spiro atoms. The molecule has 1 amide bonds. The van der Waals surface area contributed by atoms with E-state index < -0.39 is 0 Å². The van der Waals surface area contributed by atoms with E-state index in [1.54, 1.807) is 0 Å². The normalized spacial score (nSPS) is 22.5. The number of ether oxygens (including phenoxy) is 3. The Kier molecular flexibility index (Phi) is 5.88. The van der Waals surface area contributed by atoms with Gasteiger partial charge in [0.1, 0.15) is 12.4 Å². The molecule has 1 unspecified atom stereocenters. The summed E-state index contributed by atoms with van der Waals surface area (Å²) >= 11 is 0. The predicted molar refractivity (Wildman–Crippen MR) is 87.7 cm³/mol. The summed E-state index contributed by atoms with van der Waals surface area (Å²) in [4.78, 5) is 12.2. The van der Waals surface area contributed by atoms with E-state index in [1.807, 2.05) is 24.3 Å². The molecule has 1 N–H and O–H groups in total. The first-order valence-electron chi connectivity index (χ1n) is 8.54. The van der Waals surface area contributed by atoms with Crippen LogP contribution in [0.3, 0.4) is 0 Å². The molecule has 23 heavy (non-hydrogen) atoms. The number of carbonyl (C=O) groups excluding carboxylic acids is 1. The smallest absolute Gasteiger partial charge is 0.227 e. The topological polar surface area (TPSA) is 56.8 Å². The van der Waals surface area contributed by atoms with Crippen LogP contribution in [0.15, 0.2) is 24.3 Å². The molecule has 2 aliphatic heterocycles. The average molecular weight is 319 g/mol. The maximum atomic E-state index is 12.2. The van der Waals surface area contributed by atoms with Gasteiger partial charge in [0.25, 0.3) is 0 Å². The van der Waals surface area contributed by atoms with Crippen molar-refractivity contribution in [2.45, 2.75) is 38.2 Å². The van der Waals surface area contributed by atoms with Gasteiger partial charge in [-0.3, -0.25) is 4.79 Å². The molecule has 1 aromatic rings. The predicted octanol–water partition coefficient (Wildman–Crippen LogP) is 3.00. The van der Waals surface area contributed by atoms with E-state index in [2.05, 4.69) is 5.32 Å². The Balaban J connectivity index is 1.45. The van der Waals surface area contributed by atoms with Crippen LogP contribution in [0.1, 0.15) is 32.1 Å². The third kappa shape index (κ3) is 4.94. The molecule has 2 aliphatic rings. The van der Waals surface area contributed by atoms with Gasteiger partial charge in [-0.05, 0) is 56.4 Å². The summed E-state index contributed by atoms with van der Waals surface area (Å²) in [7, 11) is 0. The van der Waals surface area contributed by atoms with Crippen LogP contribution in [0.2, 0.25) is 0 Å². The maximum Gasteiger partial charge on any atom is 0.227 e. The van der Waals surface area contributed by atoms with Gasteiger partial charge >= 0.3 is 0 Å². The van der Waals surface area contributed by atoms with Gasteiger partial charge < -0.3 is 19.5 Å². The van der Waals surface area contributed by atoms with E-state index in [4.69, 9.17) is 14.2 Å². The number of anilines is 1. The molecule has 0 radical (unpaired) electrons. The number of nitrogens with one attached hydrogen (secondary N) is 1. The number of hydrogen-bond acceptors (Lipinski definition) is 4. The number of hydrogen-bond donors (Lipinski definition) is 1. The molecule has 2 fully saturated rings. The number of benzene rings is 1. The van der Waals surface area contributed by atoms with Crippen LogP contribution in [0.4, 0.5) is 5.69 Å². The zero-order chi connectivity index (χ0) is 15.9. The summed E-state index contributed by atoms with van der Waals surface area (Å²) in [5.41, 5.74) is 0.808. The van der Waals surface area contributed by atoms with Gasteiger partial charge in [0.05, 0.1) is 6.10 Å². The van der Waals surface area contributed by atoms with E-state index in [1.165, 1.54) is 6.42 Å². The second-order valence-electron chi connectivity index (χ2n) is 6.20. The standard InChI is InChI=1S/C18H25NO4/c20-18(14-8-11-21-12-9-14)19-15-4-6-16(7-5-15)23-13-17-3-1-2-10-22-17/h4-7,14,17H,1-3,8-13H2,(H,19,20). The molecule has 0 saturated carbocycles. The van der Waals surface area contributed by atoms with Gasteiger partial charge in [0.15, 0.2) is 0 Å². The Morgan fingerprint density at radius 2 is 1.87 bits per heavy atom. The molecule has 3 rings (SSSR count). The lowest BCUT2D eigenvalue weighted by Gasteiger charge is -2.22. The van der Waals surface area contributed by atoms with Crippen LogP contribution in [-0.2, 0) is 14.3 Å². The molecule has 126 valence electrons. The third-order valence-electron chi connectivity index (χ3n) is 4.42. The molecule has 5 nitrogen and oxygen atoms in total. The lowest BCUT2D eigenvalue weighted by atomic mass is 9.99. The van der Waals surface area contributed by atoms with E-state index >= 15 is 0 Å². The number of amides is 1. The van der Waals surface area contributed by atoms with Crippen molar-refractivity contribution in [3.05, 3.63) is 24.3 Å². The minimum absolute atomic E-state index is 0.0585. The molecule has 2 saturated heterocycles. The zero-order valence-corrected chi connectivity index (χ0v) is 13.5. The first-order chi connectivity index (χ1) is 11.3. The van der Waals surface area contributed by atoms with Crippen molar-refractivity contribution >= 4 is 11.6 Å². The van der Waals surface area contributed by atoms with Crippen LogP contribution in [0.25, 0.3) is 0 Å². The van der Waals surface area contributed by atoms with Gasteiger partial charge in [0.2, 0.25) is 5.91 Å². The highest BCUT2D eigenvalue weighted by atomic mass is 16.5. The van der Waals surface area contributed by atoms with E-state index in [0.717, 1.165) is 43.7 Å². The van der Waals surface area contributed by atoms with Gasteiger partial charge in [0, 0.05) is 31.4 Å². The molecule has 1 atom stereocenters. The second-order valence-corrected chi connectivity index (χ2v) is 6.20. The fraction of sp³-hybridized carbons (Fsp3) is 0.611. The molecular formula is C18H25NO4. The Morgan fingerprint density at radius 1 is 1.09 bits per heavy atom. The molecule has 5 heteroatoms. The number of rotatable bonds is 5. The van der Waals surface area contributed by atoms with Crippen LogP contribution in [0, 0.1) is 5.92 Å². The summed E-state index contributed by atoms with van der Waals surface area (Å²) < 4.78 is 16.7. The molecule has 1 aromatic carbocycles. The molecule has 2 heterocycles. The summed E-state index contributed by atoms with van der Waals surface area (Å²) in [6, 6.07) is 7.55. The van der Waals surface area contributed by atoms with Crippen molar-refractivity contribution in [1.29, 1.82) is 0 Å².